The first-order chi connectivity index (χ1) is 13.8. The van der Waals surface area contributed by atoms with Crippen molar-refractivity contribution in [3.63, 3.8) is 0 Å². The number of nitrogens with zero attached hydrogens (tertiary/aromatic N) is 1. The van der Waals surface area contributed by atoms with Crippen LogP contribution in [0.3, 0.4) is 0 Å². The Bertz CT molecular complexity index is 937. The van der Waals surface area contributed by atoms with Gasteiger partial charge >= 0.3 is 0 Å². The molecule has 7 nitrogen and oxygen atoms in total. The lowest BCUT2D eigenvalue weighted by Gasteiger charge is -2.25. The SMILES string of the molecule is COc1ccc(/C([O-])=C2\C(=O)C(=O)N(CCC[NH+](C)C)C2c2ccco2)cc1Cl. The van der Waals surface area contributed by atoms with E-state index in [1.54, 1.807) is 18.2 Å². The van der Waals surface area contributed by atoms with Gasteiger partial charge in [-0.05, 0) is 29.8 Å². The van der Waals surface area contributed by atoms with Crippen LogP contribution in [-0.2, 0) is 9.59 Å². The maximum Gasteiger partial charge on any atom is 0.295 e. The van der Waals surface area contributed by atoms with Crippen LogP contribution in [0.15, 0.2) is 46.6 Å². The van der Waals surface area contributed by atoms with E-state index in [1.165, 1.54) is 35.3 Å². The van der Waals surface area contributed by atoms with Gasteiger partial charge in [-0.1, -0.05) is 23.4 Å². The van der Waals surface area contributed by atoms with Crippen LogP contribution in [0.5, 0.6) is 5.75 Å². The van der Waals surface area contributed by atoms with Crippen LogP contribution in [0.2, 0.25) is 5.02 Å². The molecule has 1 aliphatic heterocycles. The number of rotatable bonds is 7. The Morgan fingerprint density at radius 2 is 2.07 bits per heavy atom. The standard InChI is InChI=1S/C21H23ClN2O5/c1-23(2)9-5-10-24-18(16-6-4-11-29-16)17(20(26)21(24)27)19(25)13-7-8-15(28-3)14(22)12-13/h4,6-8,11-12,18,25H,5,9-10H2,1-3H3/b19-17+. The number of furan rings is 1. The number of carbonyl (C=O) groups excluding carboxylic acids is 2. The number of hydrogen-bond donors (Lipinski definition) is 1. The van der Waals surface area contributed by atoms with Crippen molar-refractivity contribution >= 4 is 29.1 Å². The fourth-order valence-electron chi connectivity index (χ4n) is 3.41. The van der Waals surface area contributed by atoms with E-state index >= 15 is 0 Å². The minimum atomic E-state index is -0.851. The molecule has 1 aromatic heterocycles. The van der Waals surface area contributed by atoms with E-state index in [0.717, 1.165) is 6.54 Å². The van der Waals surface area contributed by atoms with Gasteiger partial charge in [0.05, 0.1) is 39.0 Å². The molecule has 1 fully saturated rings. The minimum absolute atomic E-state index is 0.122. The van der Waals surface area contributed by atoms with Gasteiger partial charge in [0.1, 0.15) is 17.6 Å². The Labute approximate surface area is 174 Å². The molecule has 1 saturated heterocycles. The van der Waals surface area contributed by atoms with Gasteiger partial charge in [0.25, 0.3) is 5.91 Å². The van der Waals surface area contributed by atoms with E-state index in [-0.39, 0.29) is 16.2 Å². The Morgan fingerprint density at radius 3 is 2.66 bits per heavy atom. The molecule has 1 aliphatic rings. The van der Waals surface area contributed by atoms with E-state index in [0.29, 0.717) is 24.5 Å². The normalized spacial score (nSPS) is 18.7. The number of quaternary nitrogens is 1. The van der Waals surface area contributed by atoms with Gasteiger partial charge in [-0.15, -0.1) is 0 Å². The molecule has 154 valence electrons. The smallest absolute Gasteiger partial charge is 0.295 e. The van der Waals surface area contributed by atoms with Crippen molar-refractivity contribution in [2.75, 3.05) is 34.3 Å². The zero-order valence-electron chi connectivity index (χ0n) is 16.5. The van der Waals surface area contributed by atoms with Gasteiger partial charge in [-0.3, -0.25) is 9.59 Å². The molecule has 0 bridgehead atoms. The van der Waals surface area contributed by atoms with E-state index in [4.69, 9.17) is 20.8 Å². The predicted octanol–water partition coefficient (Wildman–Crippen LogP) is 0.700. The summed E-state index contributed by atoms with van der Waals surface area (Å²) in [4.78, 5) is 28.1. The summed E-state index contributed by atoms with van der Waals surface area (Å²) >= 11 is 6.14. The fraction of sp³-hybridized carbons (Fsp3) is 0.333. The first-order valence-corrected chi connectivity index (χ1v) is 9.65. The average Bonchev–Trinajstić information content (AvgIpc) is 3.29. The Balaban J connectivity index is 2.05. The summed E-state index contributed by atoms with van der Waals surface area (Å²) in [6.07, 6.45) is 2.14. The van der Waals surface area contributed by atoms with Crippen LogP contribution in [0.4, 0.5) is 0 Å². The van der Waals surface area contributed by atoms with Crippen molar-refractivity contribution in [2.45, 2.75) is 12.5 Å². The minimum Gasteiger partial charge on any atom is -0.872 e. The largest absolute Gasteiger partial charge is 0.872 e. The van der Waals surface area contributed by atoms with E-state index in [9.17, 15) is 14.7 Å². The van der Waals surface area contributed by atoms with Crippen LogP contribution in [0.25, 0.3) is 5.76 Å². The number of likely N-dealkylation sites (tertiary alicyclic amines) is 1. The van der Waals surface area contributed by atoms with Gasteiger partial charge in [-0.2, -0.15) is 0 Å². The summed E-state index contributed by atoms with van der Waals surface area (Å²) in [6.45, 7) is 1.17. The summed E-state index contributed by atoms with van der Waals surface area (Å²) in [5.74, 6) is -1.25. The van der Waals surface area contributed by atoms with Crippen molar-refractivity contribution in [3.8, 4) is 5.75 Å². The van der Waals surface area contributed by atoms with Crippen molar-refractivity contribution in [3.05, 3.63) is 58.5 Å². The zero-order valence-corrected chi connectivity index (χ0v) is 17.3. The Morgan fingerprint density at radius 1 is 1.31 bits per heavy atom. The van der Waals surface area contributed by atoms with Gasteiger partial charge in [0, 0.05) is 18.5 Å². The average molecular weight is 419 g/mol. The van der Waals surface area contributed by atoms with Crippen LogP contribution in [0.1, 0.15) is 23.8 Å². The first-order valence-electron chi connectivity index (χ1n) is 9.28. The number of ketones is 1. The van der Waals surface area contributed by atoms with Crippen LogP contribution in [0, 0.1) is 0 Å². The fourth-order valence-corrected chi connectivity index (χ4v) is 3.67. The number of hydrogen-bond acceptors (Lipinski definition) is 5. The quantitative estimate of drug-likeness (QED) is 0.406. The molecule has 2 aromatic rings. The number of halogens is 1. The molecule has 0 spiro atoms. The number of ether oxygens (including phenoxy) is 1. The van der Waals surface area contributed by atoms with Crippen molar-refractivity contribution in [1.29, 1.82) is 0 Å². The third kappa shape index (κ3) is 4.16. The van der Waals surface area contributed by atoms with Gasteiger partial charge < -0.3 is 24.1 Å². The number of amides is 1. The molecular weight excluding hydrogens is 396 g/mol. The molecule has 1 amide bonds. The highest BCUT2D eigenvalue weighted by molar-refractivity contribution is 6.46. The van der Waals surface area contributed by atoms with Gasteiger partial charge in [0.15, 0.2) is 0 Å². The summed E-state index contributed by atoms with van der Waals surface area (Å²) in [5.41, 5.74) is 0.0893. The maximum absolute atomic E-state index is 13.2. The Hall–Kier alpha value is -2.77. The van der Waals surface area contributed by atoms with Crippen molar-refractivity contribution in [1.82, 2.24) is 4.90 Å². The molecule has 2 heterocycles. The zero-order chi connectivity index (χ0) is 21.1. The molecular formula is C21H23ClN2O5. The number of methoxy groups -OCH3 is 1. The summed E-state index contributed by atoms with van der Waals surface area (Å²) in [6, 6.07) is 6.98. The summed E-state index contributed by atoms with van der Waals surface area (Å²) in [7, 11) is 5.49. The van der Waals surface area contributed by atoms with Crippen molar-refractivity contribution < 1.29 is 28.7 Å². The summed E-state index contributed by atoms with van der Waals surface area (Å²) in [5, 5.41) is 13.5. The molecule has 1 atom stereocenters. The predicted molar refractivity (Wildman–Crippen MR) is 105 cm³/mol. The third-order valence-corrected chi connectivity index (χ3v) is 5.13. The highest BCUT2D eigenvalue weighted by atomic mass is 35.5. The van der Waals surface area contributed by atoms with Gasteiger partial charge in [-0.25, -0.2) is 0 Å². The number of carbonyl (C=O) groups is 2. The number of nitrogens with one attached hydrogen (secondary N) is 1. The third-order valence-electron chi connectivity index (χ3n) is 4.83. The lowest BCUT2D eigenvalue weighted by atomic mass is 9.99. The Kier molecular flexibility index (Phi) is 6.30. The van der Waals surface area contributed by atoms with Crippen LogP contribution in [-0.4, -0.2) is 50.9 Å². The molecule has 0 radical (unpaired) electrons. The summed E-state index contributed by atoms with van der Waals surface area (Å²) < 4.78 is 10.6. The number of Topliss-reactive ketones (excluding diaryl/α,β-unsaturated/α-hetero) is 1. The molecule has 3 rings (SSSR count). The molecule has 1 unspecified atom stereocenters. The molecule has 0 aliphatic carbocycles. The first kappa shape index (κ1) is 21.0. The second kappa shape index (κ2) is 8.71. The molecule has 0 saturated carbocycles. The van der Waals surface area contributed by atoms with E-state index < -0.39 is 23.5 Å². The van der Waals surface area contributed by atoms with Crippen LogP contribution < -0.4 is 14.7 Å². The van der Waals surface area contributed by atoms with E-state index in [2.05, 4.69) is 0 Å². The highest BCUT2D eigenvalue weighted by Crippen LogP contribution is 2.39. The maximum atomic E-state index is 13.2. The lowest BCUT2D eigenvalue weighted by Crippen LogP contribution is -3.05. The molecule has 1 N–H and O–H groups in total. The second-order valence-electron chi connectivity index (χ2n) is 7.15. The van der Waals surface area contributed by atoms with Gasteiger partial charge in [0.2, 0.25) is 5.78 Å². The molecule has 1 aromatic carbocycles. The number of benzene rings is 1. The van der Waals surface area contributed by atoms with Crippen LogP contribution >= 0.6 is 11.6 Å². The molecule has 8 heteroatoms. The molecule has 29 heavy (non-hydrogen) atoms. The monoisotopic (exact) mass is 418 g/mol. The highest BCUT2D eigenvalue weighted by Gasteiger charge is 2.45. The lowest BCUT2D eigenvalue weighted by molar-refractivity contribution is -0.858. The van der Waals surface area contributed by atoms with E-state index in [1.807, 2.05) is 14.1 Å². The second-order valence-corrected chi connectivity index (χ2v) is 7.56. The topological polar surface area (TPSA) is 87.2 Å². The van der Waals surface area contributed by atoms with Crippen molar-refractivity contribution in [2.24, 2.45) is 0 Å².